The van der Waals surface area contributed by atoms with Crippen molar-refractivity contribution in [2.45, 2.75) is 44.9 Å². The number of thioether (sulfide) groups is 1. The van der Waals surface area contributed by atoms with Crippen molar-refractivity contribution in [2.75, 3.05) is 46.3 Å². The topological polar surface area (TPSA) is 73.0 Å². The SMILES string of the molecule is CC(=O)SC(C)(C)CN(CCc1ccccc1)C(=O)NC(C)C(=O)N1CCN(C)CC1. The van der Waals surface area contributed by atoms with Crippen molar-refractivity contribution in [1.82, 2.24) is 20.0 Å². The number of likely N-dealkylation sites (N-methyl/N-ethyl adjacent to an activating group) is 1. The average molecular weight is 449 g/mol. The van der Waals surface area contributed by atoms with E-state index in [1.807, 2.05) is 56.1 Å². The minimum atomic E-state index is -0.598. The number of benzene rings is 1. The molecule has 1 aromatic carbocycles. The van der Waals surface area contributed by atoms with Crippen LogP contribution in [0, 0.1) is 0 Å². The van der Waals surface area contributed by atoms with Crippen LogP contribution in [0.1, 0.15) is 33.3 Å². The van der Waals surface area contributed by atoms with Crippen molar-refractivity contribution < 1.29 is 14.4 Å². The van der Waals surface area contributed by atoms with Gasteiger partial charge in [-0.25, -0.2) is 4.79 Å². The van der Waals surface area contributed by atoms with Crippen LogP contribution in [0.3, 0.4) is 0 Å². The molecule has 1 atom stereocenters. The normalized spacial score (nSPS) is 16.0. The molecular weight excluding hydrogens is 412 g/mol. The van der Waals surface area contributed by atoms with Gasteiger partial charge in [0.1, 0.15) is 6.04 Å². The van der Waals surface area contributed by atoms with Gasteiger partial charge in [-0.1, -0.05) is 42.1 Å². The Morgan fingerprint density at radius 1 is 1.13 bits per heavy atom. The lowest BCUT2D eigenvalue weighted by molar-refractivity contribution is -0.134. The fourth-order valence-electron chi connectivity index (χ4n) is 3.68. The Kier molecular flexibility index (Phi) is 9.37. The number of amides is 3. The van der Waals surface area contributed by atoms with Crippen LogP contribution >= 0.6 is 11.8 Å². The van der Waals surface area contributed by atoms with Crippen LogP contribution in [0.4, 0.5) is 4.79 Å². The molecule has 0 spiro atoms. The highest BCUT2D eigenvalue weighted by atomic mass is 32.2. The van der Waals surface area contributed by atoms with E-state index in [9.17, 15) is 14.4 Å². The van der Waals surface area contributed by atoms with Gasteiger partial charge in [0, 0.05) is 50.9 Å². The minimum absolute atomic E-state index is 0.0204. The molecule has 2 rings (SSSR count). The zero-order chi connectivity index (χ0) is 23.0. The third-order valence-corrected chi connectivity index (χ3v) is 6.29. The van der Waals surface area contributed by atoms with E-state index in [-0.39, 0.29) is 17.1 Å². The quantitative estimate of drug-likeness (QED) is 0.661. The third kappa shape index (κ3) is 8.53. The van der Waals surface area contributed by atoms with Gasteiger partial charge in [-0.3, -0.25) is 9.59 Å². The van der Waals surface area contributed by atoms with Gasteiger partial charge in [0.2, 0.25) is 5.91 Å². The fourth-order valence-corrected chi connectivity index (χ4v) is 4.68. The molecule has 1 aliphatic heterocycles. The molecule has 1 N–H and O–H groups in total. The predicted molar refractivity (Wildman–Crippen MR) is 126 cm³/mol. The van der Waals surface area contributed by atoms with Gasteiger partial charge in [-0.15, -0.1) is 0 Å². The lowest BCUT2D eigenvalue weighted by Gasteiger charge is -2.35. The number of urea groups is 1. The molecule has 0 aliphatic carbocycles. The molecule has 1 saturated heterocycles. The second-order valence-corrected chi connectivity index (χ2v) is 10.7. The van der Waals surface area contributed by atoms with E-state index in [2.05, 4.69) is 10.2 Å². The largest absolute Gasteiger partial charge is 0.338 e. The van der Waals surface area contributed by atoms with Gasteiger partial charge in [0.15, 0.2) is 5.12 Å². The van der Waals surface area contributed by atoms with Crippen LogP contribution in [-0.4, -0.2) is 88.9 Å². The smallest absolute Gasteiger partial charge is 0.318 e. The number of hydrogen-bond donors (Lipinski definition) is 1. The monoisotopic (exact) mass is 448 g/mol. The van der Waals surface area contributed by atoms with Crippen molar-refractivity contribution in [3.8, 4) is 0 Å². The summed E-state index contributed by atoms with van der Waals surface area (Å²) in [7, 11) is 2.04. The maximum atomic E-state index is 13.1. The van der Waals surface area contributed by atoms with Crippen LogP contribution in [0.25, 0.3) is 0 Å². The average Bonchev–Trinajstić information content (AvgIpc) is 2.70. The highest BCUT2D eigenvalue weighted by molar-refractivity contribution is 8.14. The van der Waals surface area contributed by atoms with Crippen molar-refractivity contribution in [3.05, 3.63) is 35.9 Å². The molecule has 1 heterocycles. The van der Waals surface area contributed by atoms with Gasteiger partial charge < -0.3 is 20.0 Å². The zero-order valence-corrected chi connectivity index (χ0v) is 20.2. The fraction of sp³-hybridized carbons (Fsp3) is 0.609. The summed E-state index contributed by atoms with van der Waals surface area (Å²) < 4.78 is -0.426. The minimum Gasteiger partial charge on any atom is -0.338 e. The molecule has 8 heteroatoms. The number of rotatable bonds is 8. The van der Waals surface area contributed by atoms with Gasteiger partial charge in [-0.05, 0) is 39.8 Å². The van der Waals surface area contributed by atoms with Crippen LogP contribution < -0.4 is 5.32 Å². The van der Waals surface area contributed by atoms with Crippen molar-refractivity contribution in [2.24, 2.45) is 0 Å². The molecule has 0 radical (unpaired) electrons. The molecule has 1 aliphatic rings. The van der Waals surface area contributed by atoms with Crippen LogP contribution in [0.15, 0.2) is 30.3 Å². The van der Waals surface area contributed by atoms with Crippen LogP contribution in [-0.2, 0) is 16.0 Å². The summed E-state index contributed by atoms with van der Waals surface area (Å²) in [5.41, 5.74) is 1.14. The summed E-state index contributed by atoms with van der Waals surface area (Å²) in [4.78, 5) is 43.3. The summed E-state index contributed by atoms with van der Waals surface area (Å²) in [6.45, 7) is 11.1. The van der Waals surface area contributed by atoms with Gasteiger partial charge in [0.25, 0.3) is 0 Å². The van der Waals surface area contributed by atoms with E-state index in [0.717, 1.165) is 18.7 Å². The van der Waals surface area contributed by atoms with E-state index in [4.69, 9.17) is 0 Å². The number of piperazine rings is 1. The van der Waals surface area contributed by atoms with Crippen molar-refractivity contribution in [1.29, 1.82) is 0 Å². The zero-order valence-electron chi connectivity index (χ0n) is 19.4. The maximum absolute atomic E-state index is 13.1. The van der Waals surface area contributed by atoms with E-state index in [1.165, 1.54) is 18.7 Å². The van der Waals surface area contributed by atoms with Crippen LogP contribution in [0.5, 0.6) is 0 Å². The van der Waals surface area contributed by atoms with Gasteiger partial charge in [0.05, 0.1) is 0 Å². The first-order valence-corrected chi connectivity index (χ1v) is 11.7. The summed E-state index contributed by atoms with van der Waals surface area (Å²) >= 11 is 1.23. The van der Waals surface area contributed by atoms with Crippen molar-refractivity contribution in [3.63, 3.8) is 0 Å². The summed E-state index contributed by atoms with van der Waals surface area (Å²) in [5, 5.41) is 2.91. The molecule has 7 nitrogen and oxygen atoms in total. The maximum Gasteiger partial charge on any atom is 0.318 e. The molecule has 1 aromatic rings. The third-order valence-electron chi connectivity index (χ3n) is 5.32. The number of hydrogen-bond acceptors (Lipinski definition) is 5. The number of carbonyl (C=O) groups is 3. The Morgan fingerprint density at radius 3 is 2.32 bits per heavy atom. The summed E-state index contributed by atoms with van der Waals surface area (Å²) in [6.07, 6.45) is 0.704. The molecule has 1 fully saturated rings. The summed E-state index contributed by atoms with van der Waals surface area (Å²) in [5.74, 6) is -0.0539. The molecule has 0 saturated carbocycles. The molecule has 0 aromatic heterocycles. The highest BCUT2D eigenvalue weighted by Crippen LogP contribution is 2.26. The number of nitrogens with zero attached hydrogens (tertiary/aromatic N) is 3. The number of nitrogens with one attached hydrogen (secondary N) is 1. The molecule has 0 bridgehead atoms. The first-order valence-electron chi connectivity index (χ1n) is 10.8. The highest BCUT2D eigenvalue weighted by Gasteiger charge is 2.30. The Bertz CT molecular complexity index is 748. The summed E-state index contributed by atoms with van der Waals surface area (Å²) in [6, 6.07) is 9.11. The first-order chi connectivity index (χ1) is 14.6. The lowest BCUT2D eigenvalue weighted by Crippen LogP contribution is -2.56. The molecule has 1 unspecified atom stereocenters. The Balaban J connectivity index is 2.03. The molecule has 31 heavy (non-hydrogen) atoms. The Hall–Kier alpha value is -2.06. The van der Waals surface area contributed by atoms with E-state index < -0.39 is 10.8 Å². The Morgan fingerprint density at radius 2 is 1.74 bits per heavy atom. The molecule has 3 amide bonds. The molecular formula is C23H36N4O3S. The lowest BCUT2D eigenvalue weighted by atomic mass is 10.1. The molecule has 172 valence electrons. The standard InChI is InChI=1S/C23H36N4O3S/c1-18(21(29)26-15-13-25(5)14-16-26)24-22(30)27(17-23(3,4)31-19(2)28)12-11-20-9-7-6-8-10-20/h6-10,18H,11-17H2,1-5H3,(H,24,30). The number of carbonyl (C=O) groups excluding carboxylic acids is 3. The first kappa shape index (κ1) is 25.2. The Labute approximate surface area is 190 Å². The van der Waals surface area contributed by atoms with E-state index in [1.54, 1.807) is 11.8 Å². The second-order valence-electron chi connectivity index (χ2n) is 8.81. The van der Waals surface area contributed by atoms with Crippen molar-refractivity contribution >= 4 is 28.8 Å². The van der Waals surface area contributed by atoms with E-state index >= 15 is 0 Å². The van der Waals surface area contributed by atoms with Gasteiger partial charge in [-0.2, -0.15) is 0 Å². The predicted octanol–water partition coefficient (Wildman–Crippen LogP) is 2.46. The van der Waals surface area contributed by atoms with E-state index in [0.29, 0.717) is 32.6 Å². The van der Waals surface area contributed by atoms with Crippen LogP contribution in [0.2, 0.25) is 0 Å². The van der Waals surface area contributed by atoms with Gasteiger partial charge >= 0.3 is 6.03 Å². The second kappa shape index (κ2) is 11.5.